The summed E-state index contributed by atoms with van der Waals surface area (Å²) < 4.78 is 14.5. The van der Waals surface area contributed by atoms with Crippen LogP contribution in [-0.4, -0.2) is 9.97 Å². The van der Waals surface area contributed by atoms with E-state index in [1.165, 1.54) is 6.07 Å². The minimum absolute atomic E-state index is 0.249. The average molecular weight is 332 g/mol. The molecule has 0 fully saturated rings. The van der Waals surface area contributed by atoms with Crippen LogP contribution in [0.1, 0.15) is 5.56 Å². The lowest BCUT2D eigenvalue weighted by atomic mass is 10.2. The highest BCUT2D eigenvalue weighted by Gasteiger charge is 2.04. The highest BCUT2D eigenvalue weighted by atomic mass is 79.9. The Balaban J connectivity index is 1.81. The Morgan fingerprint density at radius 3 is 2.90 bits per heavy atom. The zero-order chi connectivity index (χ0) is 13.9. The normalized spacial score (nSPS) is 10.7. The Labute approximate surface area is 124 Å². The summed E-state index contributed by atoms with van der Waals surface area (Å²) in [6, 6.07) is 12.6. The Kier molecular flexibility index (Phi) is 3.60. The molecule has 0 spiro atoms. The first-order valence-corrected chi connectivity index (χ1v) is 6.91. The van der Waals surface area contributed by atoms with E-state index in [0.29, 0.717) is 18.1 Å². The van der Waals surface area contributed by atoms with Crippen LogP contribution in [0.4, 0.5) is 10.3 Å². The number of nitrogens with zero attached hydrogens (tertiary/aromatic N) is 2. The maximum absolute atomic E-state index is 13.6. The molecule has 0 aliphatic carbocycles. The van der Waals surface area contributed by atoms with Crippen molar-refractivity contribution in [2.45, 2.75) is 6.54 Å². The number of fused-ring (bicyclic) bond motifs is 1. The van der Waals surface area contributed by atoms with Crippen molar-refractivity contribution in [2.75, 3.05) is 5.32 Å². The molecule has 0 amide bonds. The van der Waals surface area contributed by atoms with E-state index in [0.717, 1.165) is 15.4 Å². The SMILES string of the molecule is Fc1ccc(Br)cc1CNc1ncc2ccccc2n1. The first-order chi connectivity index (χ1) is 9.72. The van der Waals surface area contributed by atoms with E-state index in [9.17, 15) is 4.39 Å². The first kappa shape index (κ1) is 13.0. The number of hydrogen-bond donors (Lipinski definition) is 1. The number of para-hydroxylation sites is 1. The second-order valence-electron chi connectivity index (χ2n) is 4.34. The zero-order valence-electron chi connectivity index (χ0n) is 10.5. The molecule has 3 nitrogen and oxygen atoms in total. The Morgan fingerprint density at radius 2 is 2.00 bits per heavy atom. The van der Waals surface area contributed by atoms with Crippen molar-refractivity contribution in [1.82, 2.24) is 9.97 Å². The van der Waals surface area contributed by atoms with Gasteiger partial charge in [0.25, 0.3) is 0 Å². The molecule has 0 bridgehead atoms. The van der Waals surface area contributed by atoms with Gasteiger partial charge in [0.2, 0.25) is 5.95 Å². The van der Waals surface area contributed by atoms with Crippen molar-refractivity contribution in [3.8, 4) is 0 Å². The third kappa shape index (κ3) is 2.77. The van der Waals surface area contributed by atoms with E-state index in [2.05, 4.69) is 31.2 Å². The molecule has 0 radical (unpaired) electrons. The summed E-state index contributed by atoms with van der Waals surface area (Å²) in [5.74, 6) is 0.240. The van der Waals surface area contributed by atoms with Crippen LogP contribution in [0, 0.1) is 5.82 Å². The topological polar surface area (TPSA) is 37.8 Å². The molecule has 2 aromatic carbocycles. The molecule has 20 heavy (non-hydrogen) atoms. The third-order valence-electron chi connectivity index (χ3n) is 2.93. The Hall–Kier alpha value is -2.01. The predicted molar refractivity (Wildman–Crippen MR) is 81.0 cm³/mol. The lowest BCUT2D eigenvalue weighted by Gasteiger charge is -2.07. The Bertz CT molecular complexity index is 761. The van der Waals surface area contributed by atoms with E-state index >= 15 is 0 Å². The largest absolute Gasteiger partial charge is 0.350 e. The maximum Gasteiger partial charge on any atom is 0.223 e. The molecule has 3 aromatic rings. The summed E-state index contributed by atoms with van der Waals surface area (Å²) in [6.07, 6.45) is 1.75. The molecular formula is C15H11BrFN3. The fourth-order valence-corrected chi connectivity index (χ4v) is 2.32. The van der Waals surface area contributed by atoms with Gasteiger partial charge in [-0.15, -0.1) is 0 Å². The standard InChI is InChI=1S/C15H11BrFN3/c16-12-5-6-13(17)11(7-12)9-19-15-18-8-10-3-1-2-4-14(10)20-15/h1-8H,9H2,(H,18,19,20). The smallest absolute Gasteiger partial charge is 0.223 e. The van der Waals surface area contributed by atoms with Crippen molar-refractivity contribution in [2.24, 2.45) is 0 Å². The molecule has 0 saturated carbocycles. The van der Waals surface area contributed by atoms with Gasteiger partial charge in [-0.2, -0.15) is 0 Å². The van der Waals surface area contributed by atoms with Crippen LogP contribution in [0.5, 0.6) is 0 Å². The van der Waals surface area contributed by atoms with E-state index in [-0.39, 0.29) is 5.82 Å². The highest BCUT2D eigenvalue weighted by molar-refractivity contribution is 9.10. The molecule has 0 saturated heterocycles. The number of benzene rings is 2. The van der Waals surface area contributed by atoms with Crippen molar-refractivity contribution < 1.29 is 4.39 Å². The van der Waals surface area contributed by atoms with Crippen LogP contribution in [-0.2, 0) is 6.54 Å². The number of anilines is 1. The van der Waals surface area contributed by atoms with Gasteiger partial charge in [0.05, 0.1) is 5.52 Å². The molecule has 1 heterocycles. The van der Waals surface area contributed by atoms with Crippen molar-refractivity contribution in [3.05, 3.63) is 64.5 Å². The van der Waals surface area contributed by atoms with Gasteiger partial charge in [-0.05, 0) is 24.3 Å². The second kappa shape index (κ2) is 5.54. The van der Waals surface area contributed by atoms with Crippen LogP contribution in [0.15, 0.2) is 53.1 Å². The number of hydrogen-bond acceptors (Lipinski definition) is 3. The monoisotopic (exact) mass is 331 g/mol. The summed E-state index contributed by atoms with van der Waals surface area (Å²) in [5.41, 5.74) is 1.43. The summed E-state index contributed by atoms with van der Waals surface area (Å²) in [4.78, 5) is 8.60. The summed E-state index contributed by atoms with van der Waals surface area (Å²) in [7, 11) is 0. The highest BCUT2D eigenvalue weighted by Crippen LogP contribution is 2.17. The van der Waals surface area contributed by atoms with Crippen molar-refractivity contribution in [1.29, 1.82) is 0 Å². The summed E-state index contributed by atoms with van der Waals surface area (Å²) in [5, 5.41) is 4.02. The minimum Gasteiger partial charge on any atom is -0.350 e. The summed E-state index contributed by atoms with van der Waals surface area (Å²) >= 11 is 3.33. The lowest BCUT2D eigenvalue weighted by Crippen LogP contribution is -2.05. The molecule has 100 valence electrons. The van der Waals surface area contributed by atoms with Gasteiger partial charge in [0.15, 0.2) is 0 Å². The van der Waals surface area contributed by atoms with Gasteiger partial charge in [-0.25, -0.2) is 14.4 Å². The molecule has 0 aliphatic heterocycles. The summed E-state index contributed by atoms with van der Waals surface area (Å²) in [6.45, 7) is 0.337. The van der Waals surface area contributed by atoms with Gasteiger partial charge in [-0.3, -0.25) is 0 Å². The number of aromatic nitrogens is 2. The minimum atomic E-state index is -0.249. The molecule has 0 aliphatic rings. The van der Waals surface area contributed by atoms with E-state index in [4.69, 9.17) is 0 Å². The number of halogens is 2. The number of nitrogens with one attached hydrogen (secondary N) is 1. The van der Waals surface area contributed by atoms with Crippen LogP contribution >= 0.6 is 15.9 Å². The fraction of sp³-hybridized carbons (Fsp3) is 0.0667. The molecule has 1 N–H and O–H groups in total. The van der Waals surface area contributed by atoms with Crippen LogP contribution < -0.4 is 5.32 Å². The quantitative estimate of drug-likeness (QED) is 0.783. The van der Waals surface area contributed by atoms with Gasteiger partial charge in [0.1, 0.15) is 5.82 Å². The molecule has 5 heteroatoms. The van der Waals surface area contributed by atoms with Crippen LogP contribution in [0.2, 0.25) is 0 Å². The maximum atomic E-state index is 13.6. The van der Waals surface area contributed by atoms with Crippen LogP contribution in [0.25, 0.3) is 10.9 Å². The number of rotatable bonds is 3. The van der Waals surface area contributed by atoms with Gasteiger partial charge < -0.3 is 5.32 Å². The van der Waals surface area contributed by atoms with Gasteiger partial charge >= 0.3 is 0 Å². The lowest BCUT2D eigenvalue weighted by molar-refractivity contribution is 0.612. The van der Waals surface area contributed by atoms with Crippen molar-refractivity contribution in [3.63, 3.8) is 0 Å². The average Bonchev–Trinajstić information content (AvgIpc) is 2.48. The zero-order valence-corrected chi connectivity index (χ0v) is 12.1. The van der Waals surface area contributed by atoms with E-state index < -0.39 is 0 Å². The van der Waals surface area contributed by atoms with Gasteiger partial charge in [-0.1, -0.05) is 34.1 Å². The molecular weight excluding hydrogens is 321 g/mol. The van der Waals surface area contributed by atoms with Crippen LogP contribution in [0.3, 0.4) is 0 Å². The Morgan fingerprint density at radius 1 is 1.15 bits per heavy atom. The second-order valence-corrected chi connectivity index (χ2v) is 5.26. The van der Waals surface area contributed by atoms with Crippen molar-refractivity contribution >= 4 is 32.8 Å². The third-order valence-corrected chi connectivity index (χ3v) is 3.43. The molecule has 0 unspecified atom stereocenters. The molecule has 1 aromatic heterocycles. The fourth-order valence-electron chi connectivity index (χ4n) is 1.91. The first-order valence-electron chi connectivity index (χ1n) is 6.12. The van der Waals surface area contributed by atoms with E-state index in [1.807, 2.05) is 24.3 Å². The van der Waals surface area contributed by atoms with Gasteiger partial charge in [0, 0.05) is 28.2 Å². The van der Waals surface area contributed by atoms with E-state index in [1.54, 1.807) is 18.3 Å². The molecule has 3 rings (SSSR count). The molecule has 0 atom stereocenters. The predicted octanol–water partition coefficient (Wildman–Crippen LogP) is 4.14.